The van der Waals surface area contributed by atoms with Crippen molar-refractivity contribution in [1.82, 2.24) is 0 Å². The minimum absolute atomic E-state index is 0.327. The Kier molecular flexibility index (Phi) is 6.43. The van der Waals surface area contributed by atoms with E-state index in [4.69, 9.17) is 19.9 Å². The summed E-state index contributed by atoms with van der Waals surface area (Å²) in [6, 6.07) is 11.3. The fourth-order valence-corrected chi connectivity index (χ4v) is 2.24. The second-order valence-corrected chi connectivity index (χ2v) is 5.51. The lowest BCUT2D eigenvalue weighted by Gasteiger charge is -2.17. The van der Waals surface area contributed by atoms with Crippen molar-refractivity contribution in [3.8, 4) is 11.5 Å². The number of hydrogen-bond donors (Lipinski definition) is 2. The van der Waals surface area contributed by atoms with Gasteiger partial charge in [-0.15, -0.1) is 0 Å². The van der Waals surface area contributed by atoms with Crippen molar-refractivity contribution in [1.29, 1.82) is 0 Å². The number of hydrogen-bond acceptors (Lipinski definition) is 6. The highest BCUT2D eigenvalue weighted by molar-refractivity contribution is 5.97. The van der Waals surface area contributed by atoms with E-state index in [-0.39, 0.29) is 0 Å². The number of methoxy groups -OCH3 is 2. The van der Waals surface area contributed by atoms with Gasteiger partial charge in [-0.2, -0.15) is 0 Å². The number of benzene rings is 2. The predicted molar refractivity (Wildman–Crippen MR) is 98.5 cm³/mol. The van der Waals surface area contributed by atoms with E-state index in [2.05, 4.69) is 5.32 Å². The zero-order valence-corrected chi connectivity index (χ0v) is 14.9. The molecule has 3 N–H and O–H groups in total. The molecule has 0 spiro atoms. The molecule has 0 saturated heterocycles. The Morgan fingerprint density at radius 2 is 1.62 bits per heavy atom. The summed E-state index contributed by atoms with van der Waals surface area (Å²) in [6.45, 7) is 1.76. The summed E-state index contributed by atoms with van der Waals surface area (Å²) in [7, 11) is 3.03. The maximum absolute atomic E-state index is 12.5. The molecule has 0 saturated carbocycles. The Balaban J connectivity index is 2.08. The number of carbonyl (C=O) groups excluding carboxylic acids is 2. The lowest BCUT2D eigenvalue weighted by atomic mass is 10.2. The van der Waals surface area contributed by atoms with Gasteiger partial charge in [0.25, 0.3) is 5.91 Å². The Bertz CT molecular complexity index is 752. The monoisotopic (exact) mass is 358 g/mol. The fraction of sp³-hybridized carbons (Fsp3) is 0.263. The Morgan fingerprint density at radius 1 is 1.04 bits per heavy atom. The topological polar surface area (TPSA) is 99.9 Å². The van der Waals surface area contributed by atoms with Crippen molar-refractivity contribution in [2.45, 2.75) is 19.4 Å². The number of amides is 1. The molecule has 2 aromatic rings. The first-order valence-electron chi connectivity index (χ1n) is 8.07. The molecule has 0 aliphatic carbocycles. The van der Waals surface area contributed by atoms with Gasteiger partial charge in [-0.25, -0.2) is 4.79 Å². The summed E-state index contributed by atoms with van der Waals surface area (Å²) < 4.78 is 15.7. The van der Waals surface area contributed by atoms with Crippen LogP contribution in [0.3, 0.4) is 0 Å². The van der Waals surface area contributed by atoms with Crippen LogP contribution in [0.15, 0.2) is 42.5 Å². The summed E-state index contributed by atoms with van der Waals surface area (Å²) in [5.41, 5.74) is 6.95. The molecule has 7 heteroatoms. The number of nitrogen functional groups attached to an aromatic ring is 1. The Morgan fingerprint density at radius 3 is 2.12 bits per heavy atom. The van der Waals surface area contributed by atoms with Crippen molar-refractivity contribution < 1.29 is 23.8 Å². The molecule has 26 heavy (non-hydrogen) atoms. The number of esters is 1. The molecule has 0 radical (unpaired) electrons. The molecule has 0 aliphatic heterocycles. The van der Waals surface area contributed by atoms with Crippen molar-refractivity contribution in [3.63, 3.8) is 0 Å². The van der Waals surface area contributed by atoms with E-state index in [0.717, 1.165) is 0 Å². The smallest absolute Gasteiger partial charge is 0.338 e. The predicted octanol–water partition coefficient (Wildman–Crippen LogP) is 2.86. The zero-order valence-electron chi connectivity index (χ0n) is 14.9. The molecule has 1 atom stereocenters. The standard InChI is InChI=1S/C19H22N2O5/c1-4-17(26-19(23)12-5-7-13(20)8-6-12)18(22)21-14-9-15(24-2)11-16(10-14)25-3/h5-11,17H,4,20H2,1-3H3,(H,21,22). The van der Waals surface area contributed by atoms with E-state index < -0.39 is 18.0 Å². The molecule has 0 bridgehead atoms. The highest BCUT2D eigenvalue weighted by atomic mass is 16.5. The second-order valence-electron chi connectivity index (χ2n) is 5.51. The molecule has 0 fully saturated rings. The van der Waals surface area contributed by atoms with Crippen LogP contribution in [0.4, 0.5) is 11.4 Å². The van der Waals surface area contributed by atoms with Gasteiger partial charge in [-0.05, 0) is 30.7 Å². The normalized spacial score (nSPS) is 11.3. The third-order valence-electron chi connectivity index (χ3n) is 3.68. The molecule has 0 heterocycles. The number of nitrogens with two attached hydrogens (primary N) is 1. The van der Waals surface area contributed by atoms with Gasteiger partial charge in [0.15, 0.2) is 6.10 Å². The van der Waals surface area contributed by atoms with Crippen LogP contribution < -0.4 is 20.5 Å². The van der Waals surface area contributed by atoms with Crippen molar-refractivity contribution in [3.05, 3.63) is 48.0 Å². The van der Waals surface area contributed by atoms with Gasteiger partial charge < -0.3 is 25.3 Å². The van der Waals surface area contributed by atoms with Crippen LogP contribution in [0.25, 0.3) is 0 Å². The lowest BCUT2D eigenvalue weighted by molar-refractivity contribution is -0.124. The molecule has 0 aliphatic rings. The maximum atomic E-state index is 12.5. The minimum Gasteiger partial charge on any atom is -0.497 e. The highest BCUT2D eigenvalue weighted by Gasteiger charge is 2.22. The average molecular weight is 358 g/mol. The lowest BCUT2D eigenvalue weighted by Crippen LogP contribution is -2.32. The number of nitrogens with one attached hydrogen (secondary N) is 1. The third-order valence-corrected chi connectivity index (χ3v) is 3.68. The largest absolute Gasteiger partial charge is 0.497 e. The molecule has 2 aromatic carbocycles. The van der Waals surface area contributed by atoms with Crippen molar-refractivity contribution in [2.75, 3.05) is 25.3 Å². The van der Waals surface area contributed by atoms with Gasteiger partial charge in [0.2, 0.25) is 0 Å². The van der Waals surface area contributed by atoms with E-state index in [9.17, 15) is 9.59 Å². The van der Waals surface area contributed by atoms with Crippen LogP contribution in [0.5, 0.6) is 11.5 Å². The first-order valence-corrected chi connectivity index (χ1v) is 8.07. The molecule has 2 rings (SSSR count). The van der Waals surface area contributed by atoms with Gasteiger partial charge in [-0.3, -0.25) is 4.79 Å². The van der Waals surface area contributed by atoms with E-state index in [1.807, 2.05) is 0 Å². The first-order chi connectivity index (χ1) is 12.5. The molecular weight excluding hydrogens is 336 g/mol. The third kappa shape index (κ3) is 4.89. The first kappa shape index (κ1) is 19.1. The summed E-state index contributed by atoms with van der Waals surface area (Å²) in [4.78, 5) is 24.7. The summed E-state index contributed by atoms with van der Waals surface area (Å²) in [5, 5.41) is 2.71. The van der Waals surface area contributed by atoms with Crippen LogP contribution in [-0.2, 0) is 9.53 Å². The van der Waals surface area contributed by atoms with Gasteiger partial charge in [0.05, 0.1) is 19.8 Å². The molecule has 0 aromatic heterocycles. The van der Waals surface area contributed by atoms with E-state index in [0.29, 0.717) is 34.9 Å². The molecule has 1 unspecified atom stereocenters. The maximum Gasteiger partial charge on any atom is 0.338 e. The SMILES string of the molecule is CCC(OC(=O)c1ccc(N)cc1)C(=O)Nc1cc(OC)cc(OC)c1. The molecule has 7 nitrogen and oxygen atoms in total. The number of rotatable bonds is 7. The average Bonchev–Trinajstić information content (AvgIpc) is 2.65. The summed E-state index contributed by atoms with van der Waals surface area (Å²) >= 11 is 0. The fourth-order valence-electron chi connectivity index (χ4n) is 2.24. The minimum atomic E-state index is -0.933. The van der Waals surface area contributed by atoms with Gasteiger partial charge >= 0.3 is 5.97 Å². The van der Waals surface area contributed by atoms with Crippen LogP contribution in [0.2, 0.25) is 0 Å². The van der Waals surface area contributed by atoms with Crippen LogP contribution >= 0.6 is 0 Å². The molecular formula is C19H22N2O5. The Hall–Kier alpha value is -3.22. The van der Waals surface area contributed by atoms with Gasteiger partial charge in [-0.1, -0.05) is 6.92 Å². The molecule has 138 valence electrons. The Labute approximate surface area is 152 Å². The van der Waals surface area contributed by atoms with Gasteiger partial charge in [0.1, 0.15) is 11.5 Å². The van der Waals surface area contributed by atoms with Crippen LogP contribution in [0.1, 0.15) is 23.7 Å². The number of carbonyl (C=O) groups is 2. The quantitative estimate of drug-likeness (QED) is 0.583. The summed E-state index contributed by atoms with van der Waals surface area (Å²) in [5.74, 6) is 0.0416. The van der Waals surface area contributed by atoms with Crippen molar-refractivity contribution in [2.24, 2.45) is 0 Å². The molecule has 1 amide bonds. The highest BCUT2D eigenvalue weighted by Crippen LogP contribution is 2.26. The van der Waals surface area contributed by atoms with Gasteiger partial charge in [0, 0.05) is 29.6 Å². The van der Waals surface area contributed by atoms with Crippen molar-refractivity contribution >= 4 is 23.3 Å². The van der Waals surface area contributed by atoms with Crippen LogP contribution in [0, 0.1) is 0 Å². The van der Waals surface area contributed by atoms with E-state index >= 15 is 0 Å². The summed E-state index contributed by atoms with van der Waals surface area (Å²) in [6.07, 6.45) is -0.606. The van der Waals surface area contributed by atoms with Crippen LogP contribution in [-0.4, -0.2) is 32.2 Å². The van der Waals surface area contributed by atoms with E-state index in [1.165, 1.54) is 14.2 Å². The number of anilines is 2. The zero-order chi connectivity index (χ0) is 19.1. The second kappa shape index (κ2) is 8.75. The number of ether oxygens (including phenoxy) is 3. The van der Waals surface area contributed by atoms with E-state index in [1.54, 1.807) is 49.4 Å².